The van der Waals surface area contributed by atoms with Gasteiger partial charge in [-0.3, -0.25) is 0 Å². The van der Waals surface area contributed by atoms with Crippen molar-refractivity contribution < 1.29 is 4.79 Å². The van der Waals surface area contributed by atoms with Crippen molar-refractivity contribution in [3.05, 3.63) is 29.8 Å². The highest BCUT2D eigenvalue weighted by molar-refractivity contribution is 5.71. The van der Waals surface area contributed by atoms with Crippen LogP contribution in [0.15, 0.2) is 24.3 Å². The molecule has 0 aromatic heterocycles. The quantitative estimate of drug-likeness (QED) is 0.658. The summed E-state index contributed by atoms with van der Waals surface area (Å²) < 4.78 is 0. The molecule has 2 amide bonds. The average molecular weight is 179 g/mol. The van der Waals surface area contributed by atoms with Crippen molar-refractivity contribution in [2.75, 3.05) is 12.8 Å². The van der Waals surface area contributed by atoms with Gasteiger partial charge in [0.15, 0.2) is 0 Å². The van der Waals surface area contributed by atoms with E-state index >= 15 is 0 Å². The molecule has 0 fully saturated rings. The molecule has 70 valence electrons. The van der Waals surface area contributed by atoms with Crippen molar-refractivity contribution in [3.8, 4) is 0 Å². The highest BCUT2D eigenvalue weighted by Gasteiger charge is 2.05. The Bertz CT molecular complexity index is 311. The number of benzene rings is 1. The van der Waals surface area contributed by atoms with Gasteiger partial charge in [-0.15, -0.1) is 0 Å². The third-order valence-electron chi connectivity index (χ3n) is 1.84. The fourth-order valence-electron chi connectivity index (χ4n) is 1.01. The molecule has 4 nitrogen and oxygen atoms in total. The van der Waals surface area contributed by atoms with Crippen molar-refractivity contribution in [1.29, 1.82) is 0 Å². The number of para-hydroxylation sites is 1. The SMILES string of the molecule is CN(Cc1ccccc1N)C(N)=O. The van der Waals surface area contributed by atoms with Crippen molar-refractivity contribution >= 4 is 11.7 Å². The number of nitrogen functional groups attached to an aromatic ring is 1. The van der Waals surface area contributed by atoms with Gasteiger partial charge in [-0.05, 0) is 11.6 Å². The Balaban J connectivity index is 2.74. The van der Waals surface area contributed by atoms with Crippen LogP contribution in [0.1, 0.15) is 5.56 Å². The Morgan fingerprint density at radius 2 is 2.08 bits per heavy atom. The summed E-state index contributed by atoms with van der Waals surface area (Å²) in [6.45, 7) is 0.446. The van der Waals surface area contributed by atoms with Crippen molar-refractivity contribution in [2.45, 2.75) is 6.54 Å². The Hall–Kier alpha value is -1.71. The van der Waals surface area contributed by atoms with E-state index in [1.165, 1.54) is 4.90 Å². The van der Waals surface area contributed by atoms with Crippen LogP contribution in [0.4, 0.5) is 10.5 Å². The van der Waals surface area contributed by atoms with E-state index in [1.54, 1.807) is 13.1 Å². The molecular weight excluding hydrogens is 166 g/mol. The Morgan fingerprint density at radius 1 is 1.46 bits per heavy atom. The lowest BCUT2D eigenvalue weighted by atomic mass is 10.2. The molecule has 0 saturated carbocycles. The van der Waals surface area contributed by atoms with Crippen LogP contribution < -0.4 is 11.5 Å². The number of carbonyl (C=O) groups excluding carboxylic acids is 1. The summed E-state index contributed by atoms with van der Waals surface area (Å²) in [6, 6.07) is 6.94. The van der Waals surface area contributed by atoms with E-state index < -0.39 is 6.03 Å². The minimum Gasteiger partial charge on any atom is -0.398 e. The lowest BCUT2D eigenvalue weighted by Gasteiger charge is -2.15. The fraction of sp³-hybridized carbons (Fsp3) is 0.222. The zero-order valence-electron chi connectivity index (χ0n) is 7.53. The van der Waals surface area contributed by atoms with Gasteiger partial charge in [0, 0.05) is 19.3 Å². The number of rotatable bonds is 2. The van der Waals surface area contributed by atoms with E-state index in [9.17, 15) is 4.79 Å². The number of hydrogen-bond donors (Lipinski definition) is 2. The molecule has 1 aromatic carbocycles. The number of anilines is 1. The Labute approximate surface area is 77.1 Å². The van der Waals surface area contributed by atoms with Crippen LogP contribution in [-0.4, -0.2) is 18.0 Å². The summed E-state index contributed by atoms with van der Waals surface area (Å²) in [4.78, 5) is 12.1. The third kappa shape index (κ3) is 2.37. The number of hydrogen-bond acceptors (Lipinski definition) is 2. The summed E-state index contributed by atoms with van der Waals surface area (Å²) in [7, 11) is 1.63. The molecule has 0 bridgehead atoms. The molecule has 0 aliphatic rings. The van der Waals surface area contributed by atoms with E-state index in [2.05, 4.69) is 0 Å². The lowest BCUT2D eigenvalue weighted by Crippen LogP contribution is -2.31. The smallest absolute Gasteiger partial charge is 0.314 e. The molecule has 0 saturated heterocycles. The summed E-state index contributed by atoms with van der Waals surface area (Å²) in [6.07, 6.45) is 0. The van der Waals surface area contributed by atoms with Crippen LogP contribution in [-0.2, 0) is 6.54 Å². The van der Waals surface area contributed by atoms with Crippen molar-refractivity contribution in [3.63, 3.8) is 0 Å². The topological polar surface area (TPSA) is 72.3 Å². The molecule has 0 radical (unpaired) electrons. The molecule has 0 unspecified atom stereocenters. The minimum atomic E-state index is -0.455. The molecular formula is C9H13N3O. The second kappa shape index (κ2) is 3.80. The van der Waals surface area contributed by atoms with E-state index in [4.69, 9.17) is 11.5 Å². The van der Waals surface area contributed by atoms with Gasteiger partial charge >= 0.3 is 6.03 Å². The molecule has 1 rings (SSSR count). The summed E-state index contributed by atoms with van der Waals surface area (Å²) in [5, 5.41) is 0. The molecule has 0 atom stereocenters. The molecule has 13 heavy (non-hydrogen) atoms. The molecule has 4 N–H and O–H groups in total. The maximum atomic E-state index is 10.7. The average Bonchev–Trinajstić information content (AvgIpc) is 2.08. The highest BCUT2D eigenvalue weighted by Crippen LogP contribution is 2.11. The summed E-state index contributed by atoms with van der Waals surface area (Å²) >= 11 is 0. The number of nitrogens with two attached hydrogens (primary N) is 2. The zero-order valence-corrected chi connectivity index (χ0v) is 7.53. The molecule has 0 aliphatic carbocycles. The van der Waals surface area contributed by atoms with Gasteiger partial charge in [-0.1, -0.05) is 18.2 Å². The highest BCUT2D eigenvalue weighted by atomic mass is 16.2. The summed E-state index contributed by atoms with van der Waals surface area (Å²) in [5.74, 6) is 0. The largest absolute Gasteiger partial charge is 0.398 e. The minimum absolute atomic E-state index is 0.446. The number of urea groups is 1. The maximum absolute atomic E-state index is 10.7. The van der Waals surface area contributed by atoms with Crippen LogP contribution in [0.2, 0.25) is 0 Å². The van der Waals surface area contributed by atoms with Crippen LogP contribution in [0.25, 0.3) is 0 Å². The predicted molar refractivity (Wildman–Crippen MR) is 51.9 cm³/mol. The first-order chi connectivity index (χ1) is 6.11. The number of carbonyl (C=O) groups is 1. The van der Waals surface area contributed by atoms with Crippen LogP contribution in [0.5, 0.6) is 0 Å². The van der Waals surface area contributed by atoms with Gasteiger partial charge in [0.05, 0.1) is 0 Å². The van der Waals surface area contributed by atoms with Crippen LogP contribution in [0.3, 0.4) is 0 Å². The standard InChI is InChI=1S/C9H13N3O/c1-12(9(11)13)6-7-4-2-3-5-8(7)10/h2-5H,6,10H2,1H3,(H2,11,13). The molecule has 0 heterocycles. The summed E-state index contributed by atoms with van der Waals surface area (Å²) in [5.41, 5.74) is 12.4. The van der Waals surface area contributed by atoms with Gasteiger partial charge in [-0.25, -0.2) is 4.79 Å². The zero-order chi connectivity index (χ0) is 9.84. The second-order valence-corrected chi connectivity index (χ2v) is 2.89. The normalized spacial score (nSPS) is 9.62. The fourth-order valence-corrected chi connectivity index (χ4v) is 1.01. The first-order valence-electron chi connectivity index (χ1n) is 3.95. The van der Waals surface area contributed by atoms with Gasteiger partial charge in [0.2, 0.25) is 0 Å². The number of nitrogens with zero attached hydrogens (tertiary/aromatic N) is 1. The van der Waals surface area contributed by atoms with E-state index in [-0.39, 0.29) is 0 Å². The van der Waals surface area contributed by atoms with Gasteiger partial charge in [0.1, 0.15) is 0 Å². The van der Waals surface area contributed by atoms with E-state index in [0.717, 1.165) is 5.56 Å². The number of primary amides is 1. The van der Waals surface area contributed by atoms with Crippen LogP contribution in [0, 0.1) is 0 Å². The molecule has 0 spiro atoms. The molecule has 4 heteroatoms. The Morgan fingerprint density at radius 3 is 2.62 bits per heavy atom. The van der Waals surface area contributed by atoms with Crippen molar-refractivity contribution in [1.82, 2.24) is 4.90 Å². The van der Waals surface area contributed by atoms with Gasteiger partial charge in [0.25, 0.3) is 0 Å². The monoisotopic (exact) mass is 179 g/mol. The Kier molecular flexibility index (Phi) is 2.74. The van der Waals surface area contributed by atoms with Gasteiger partial charge < -0.3 is 16.4 Å². The van der Waals surface area contributed by atoms with Gasteiger partial charge in [-0.2, -0.15) is 0 Å². The first-order valence-corrected chi connectivity index (χ1v) is 3.95. The number of amides is 2. The molecule has 0 aliphatic heterocycles. The maximum Gasteiger partial charge on any atom is 0.314 e. The van der Waals surface area contributed by atoms with E-state index in [1.807, 2.05) is 18.2 Å². The lowest BCUT2D eigenvalue weighted by molar-refractivity contribution is 0.217. The van der Waals surface area contributed by atoms with E-state index in [0.29, 0.717) is 12.2 Å². The molecule has 1 aromatic rings. The first kappa shape index (κ1) is 9.38. The second-order valence-electron chi connectivity index (χ2n) is 2.89. The third-order valence-corrected chi connectivity index (χ3v) is 1.84. The predicted octanol–water partition coefficient (Wildman–Crippen LogP) is 0.779. The van der Waals surface area contributed by atoms with Crippen LogP contribution >= 0.6 is 0 Å². The van der Waals surface area contributed by atoms with Crippen molar-refractivity contribution in [2.24, 2.45) is 5.73 Å².